The molecule has 2 heterocycles. The van der Waals surface area contributed by atoms with Crippen molar-refractivity contribution in [1.29, 1.82) is 0 Å². The SMILES string of the molecule is O=C(COCc1ccccc1)N1CC(Nc2ncccn2)C1. The van der Waals surface area contributed by atoms with Gasteiger partial charge in [0.05, 0.1) is 12.6 Å². The highest BCUT2D eigenvalue weighted by Crippen LogP contribution is 2.12. The largest absolute Gasteiger partial charge is 0.367 e. The van der Waals surface area contributed by atoms with Gasteiger partial charge in [-0.3, -0.25) is 4.79 Å². The highest BCUT2D eigenvalue weighted by molar-refractivity contribution is 5.78. The molecule has 6 heteroatoms. The third-order valence-corrected chi connectivity index (χ3v) is 3.47. The van der Waals surface area contributed by atoms with Crippen LogP contribution < -0.4 is 5.32 Å². The number of likely N-dealkylation sites (tertiary alicyclic amines) is 1. The van der Waals surface area contributed by atoms with E-state index >= 15 is 0 Å². The lowest BCUT2D eigenvalue weighted by Gasteiger charge is -2.39. The van der Waals surface area contributed by atoms with Crippen molar-refractivity contribution in [2.75, 3.05) is 25.0 Å². The van der Waals surface area contributed by atoms with E-state index in [0.29, 0.717) is 25.6 Å². The van der Waals surface area contributed by atoms with Crippen LogP contribution in [-0.4, -0.2) is 46.5 Å². The first-order valence-electron chi connectivity index (χ1n) is 7.24. The molecule has 0 spiro atoms. The van der Waals surface area contributed by atoms with Crippen LogP contribution in [0.15, 0.2) is 48.8 Å². The minimum atomic E-state index is 0.0166. The molecule has 0 saturated carbocycles. The molecule has 1 aliphatic rings. The zero-order valence-electron chi connectivity index (χ0n) is 12.2. The molecule has 1 fully saturated rings. The topological polar surface area (TPSA) is 67.3 Å². The lowest BCUT2D eigenvalue weighted by atomic mass is 10.1. The molecule has 1 aromatic heterocycles. The van der Waals surface area contributed by atoms with E-state index in [1.165, 1.54) is 0 Å². The van der Waals surface area contributed by atoms with Gasteiger partial charge in [-0.15, -0.1) is 0 Å². The molecule has 1 aliphatic heterocycles. The van der Waals surface area contributed by atoms with Crippen molar-refractivity contribution in [2.45, 2.75) is 12.6 Å². The summed E-state index contributed by atoms with van der Waals surface area (Å²) in [5, 5.41) is 3.19. The molecule has 0 aliphatic carbocycles. The number of carbonyl (C=O) groups excluding carboxylic acids is 1. The average molecular weight is 298 g/mol. The van der Waals surface area contributed by atoms with Crippen LogP contribution >= 0.6 is 0 Å². The van der Waals surface area contributed by atoms with Crippen LogP contribution in [0.3, 0.4) is 0 Å². The molecule has 6 nitrogen and oxygen atoms in total. The average Bonchev–Trinajstić information content (AvgIpc) is 2.52. The van der Waals surface area contributed by atoms with Crippen molar-refractivity contribution in [3.05, 3.63) is 54.4 Å². The first-order valence-corrected chi connectivity index (χ1v) is 7.24. The first-order chi connectivity index (χ1) is 10.8. The highest BCUT2D eigenvalue weighted by atomic mass is 16.5. The fourth-order valence-corrected chi connectivity index (χ4v) is 2.25. The normalized spacial score (nSPS) is 14.5. The second-order valence-corrected chi connectivity index (χ2v) is 5.19. The number of rotatable bonds is 6. The number of carbonyl (C=O) groups is 1. The molecule has 0 unspecified atom stereocenters. The highest BCUT2D eigenvalue weighted by Gasteiger charge is 2.30. The number of hydrogen-bond acceptors (Lipinski definition) is 5. The maximum Gasteiger partial charge on any atom is 0.248 e. The van der Waals surface area contributed by atoms with Gasteiger partial charge in [-0.05, 0) is 11.6 Å². The summed E-state index contributed by atoms with van der Waals surface area (Å²) in [4.78, 5) is 21.9. The predicted octanol–water partition coefficient (Wildman–Crippen LogP) is 1.32. The number of nitrogens with one attached hydrogen (secondary N) is 1. The summed E-state index contributed by atoms with van der Waals surface area (Å²) < 4.78 is 5.46. The van der Waals surface area contributed by atoms with Crippen molar-refractivity contribution in [3.63, 3.8) is 0 Å². The molecule has 22 heavy (non-hydrogen) atoms. The van der Waals surface area contributed by atoms with Gasteiger partial charge in [-0.25, -0.2) is 9.97 Å². The van der Waals surface area contributed by atoms with Crippen molar-refractivity contribution in [2.24, 2.45) is 0 Å². The van der Waals surface area contributed by atoms with E-state index < -0.39 is 0 Å². The Morgan fingerprint density at radius 3 is 2.64 bits per heavy atom. The second-order valence-electron chi connectivity index (χ2n) is 5.19. The van der Waals surface area contributed by atoms with E-state index in [4.69, 9.17) is 4.74 Å². The third kappa shape index (κ3) is 3.79. The standard InChI is InChI=1S/C16H18N4O2/c21-15(12-22-11-13-5-2-1-3-6-13)20-9-14(10-20)19-16-17-7-4-8-18-16/h1-8,14H,9-12H2,(H,17,18,19). The monoisotopic (exact) mass is 298 g/mol. The molecule has 0 radical (unpaired) electrons. The summed E-state index contributed by atoms with van der Waals surface area (Å²) in [5.74, 6) is 0.614. The molecule has 2 aromatic rings. The smallest absolute Gasteiger partial charge is 0.248 e. The maximum atomic E-state index is 12.0. The van der Waals surface area contributed by atoms with Crippen LogP contribution in [0.25, 0.3) is 0 Å². The summed E-state index contributed by atoms with van der Waals surface area (Å²) in [6.45, 7) is 1.89. The zero-order chi connectivity index (χ0) is 15.2. The first kappa shape index (κ1) is 14.5. The van der Waals surface area contributed by atoms with E-state index in [1.807, 2.05) is 30.3 Å². The van der Waals surface area contributed by atoms with Gasteiger partial charge in [0.2, 0.25) is 11.9 Å². The molecular weight excluding hydrogens is 280 g/mol. The number of ether oxygens (including phenoxy) is 1. The van der Waals surface area contributed by atoms with Gasteiger partial charge in [0.15, 0.2) is 0 Å². The molecule has 0 atom stereocenters. The Kier molecular flexibility index (Phi) is 4.60. The van der Waals surface area contributed by atoms with Crippen LogP contribution in [0.4, 0.5) is 5.95 Å². The quantitative estimate of drug-likeness (QED) is 0.871. The Bertz CT molecular complexity index is 600. The van der Waals surface area contributed by atoms with Gasteiger partial charge in [-0.2, -0.15) is 0 Å². The fraction of sp³-hybridized carbons (Fsp3) is 0.312. The van der Waals surface area contributed by atoms with Crippen molar-refractivity contribution < 1.29 is 9.53 Å². The predicted molar refractivity (Wildman–Crippen MR) is 82.1 cm³/mol. The maximum absolute atomic E-state index is 12.0. The minimum Gasteiger partial charge on any atom is -0.367 e. The van der Waals surface area contributed by atoms with Gasteiger partial charge in [0, 0.05) is 25.5 Å². The molecule has 1 aromatic carbocycles. The van der Waals surface area contributed by atoms with E-state index in [9.17, 15) is 4.79 Å². The van der Waals surface area contributed by atoms with E-state index in [2.05, 4.69) is 15.3 Å². The van der Waals surface area contributed by atoms with Gasteiger partial charge in [0.25, 0.3) is 0 Å². The van der Waals surface area contributed by atoms with E-state index in [1.54, 1.807) is 23.4 Å². The van der Waals surface area contributed by atoms with Gasteiger partial charge in [0.1, 0.15) is 6.61 Å². The third-order valence-electron chi connectivity index (χ3n) is 3.47. The van der Waals surface area contributed by atoms with Gasteiger partial charge < -0.3 is 15.0 Å². The summed E-state index contributed by atoms with van der Waals surface area (Å²) in [6, 6.07) is 11.8. The van der Waals surface area contributed by atoms with Crippen LogP contribution in [0.2, 0.25) is 0 Å². The van der Waals surface area contributed by atoms with Crippen LogP contribution in [0.5, 0.6) is 0 Å². The molecule has 0 bridgehead atoms. The number of aromatic nitrogens is 2. The Balaban J connectivity index is 1.35. The molecule has 114 valence electrons. The summed E-state index contributed by atoms with van der Waals surface area (Å²) in [5.41, 5.74) is 1.07. The molecular formula is C16H18N4O2. The van der Waals surface area contributed by atoms with E-state index in [0.717, 1.165) is 5.56 Å². The summed E-state index contributed by atoms with van der Waals surface area (Å²) >= 11 is 0. The number of amides is 1. The number of anilines is 1. The zero-order valence-corrected chi connectivity index (χ0v) is 12.2. The van der Waals surface area contributed by atoms with Crippen molar-refractivity contribution in [3.8, 4) is 0 Å². The van der Waals surface area contributed by atoms with Crippen LogP contribution in [0.1, 0.15) is 5.56 Å². The van der Waals surface area contributed by atoms with Gasteiger partial charge >= 0.3 is 0 Å². The van der Waals surface area contributed by atoms with Crippen molar-refractivity contribution >= 4 is 11.9 Å². The fourth-order valence-electron chi connectivity index (χ4n) is 2.25. The number of benzene rings is 1. The molecule has 1 amide bonds. The number of hydrogen-bond donors (Lipinski definition) is 1. The Hall–Kier alpha value is -2.47. The molecule has 3 rings (SSSR count). The van der Waals surface area contributed by atoms with Crippen LogP contribution in [0, 0.1) is 0 Å². The summed E-state index contributed by atoms with van der Waals surface area (Å²) in [6.07, 6.45) is 3.38. The lowest BCUT2D eigenvalue weighted by molar-refractivity contribution is -0.140. The Morgan fingerprint density at radius 1 is 1.18 bits per heavy atom. The Labute approximate surface area is 129 Å². The Morgan fingerprint density at radius 2 is 1.91 bits per heavy atom. The summed E-state index contributed by atoms with van der Waals surface area (Å²) in [7, 11) is 0. The van der Waals surface area contributed by atoms with E-state index in [-0.39, 0.29) is 18.6 Å². The minimum absolute atomic E-state index is 0.0166. The van der Waals surface area contributed by atoms with Gasteiger partial charge in [-0.1, -0.05) is 30.3 Å². The lowest BCUT2D eigenvalue weighted by Crippen LogP contribution is -2.58. The van der Waals surface area contributed by atoms with Crippen molar-refractivity contribution in [1.82, 2.24) is 14.9 Å². The number of nitrogens with zero attached hydrogens (tertiary/aromatic N) is 3. The molecule has 1 saturated heterocycles. The molecule has 1 N–H and O–H groups in total. The second kappa shape index (κ2) is 7.00. The van der Waals surface area contributed by atoms with Crippen LogP contribution in [-0.2, 0) is 16.1 Å².